The highest BCUT2D eigenvalue weighted by molar-refractivity contribution is 7.21. The van der Waals surface area contributed by atoms with Gasteiger partial charge in [-0.05, 0) is 50.9 Å². The van der Waals surface area contributed by atoms with E-state index in [1.54, 1.807) is 11.3 Å². The zero-order valence-corrected chi connectivity index (χ0v) is 17.7. The molecule has 6 rings (SSSR count). The van der Waals surface area contributed by atoms with Crippen LogP contribution in [-0.4, -0.2) is 43.8 Å². The first-order valence-electron chi connectivity index (χ1n) is 10.5. The minimum Gasteiger partial charge on any atom is -0.383 e. The van der Waals surface area contributed by atoms with E-state index in [9.17, 15) is 0 Å². The molecule has 0 aliphatic carbocycles. The second-order valence-electron chi connectivity index (χ2n) is 8.53. The number of anilines is 1. The van der Waals surface area contributed by atoms with Gasteiger partial charge in [-0.3, -0.25) is 4.68 Å². The van der Waals surface area contributed by atoms with Gasteiger partial charge in [0.25, 0.3) is 0 Å². The third-order valence-electron chi connectivity index (χ3n) is 6.83. The lowest BCUT2D eigenvalue weighted by molar-refractivity contribution is 0.131. The van der Waals surface area contributed by atoms with Gasteiger partial charge in [0.05, 0.1) is 28.0 Å². The molecule has 152 valence electrons. The number of aromatic nitrogens is 4. The summed E-state index contributed by atoms with van der Waals surface area (Å²) in [6, 6.07) is 12.1. The van der Waals surface area contributed by atoms with Crippen LogP contribution in [0.5, 0.6) is 0 Å². The highest BCUT2D eigenvalue weighted by Gasteiger charge is 2.39. The number of hydrogen-bond donors (Lipinski definition) is 1. The molecule has 0 saturated carbocycles. The monoisotopic (exact) mass is 416 g/mol. The van der Waals surface area contributed by atoms with Crippen LogP contribution in [0.4, 0.5) is 5.82 Å². The Bertz CT molecular complexity index is 1180. The first-order chi connectivity index (χ1) is 14.7. The van der Waals surface area contributed by atoms with E-state index < -0.39 is 0 Å². The highest BCUT2D eigenvalue weighted by atomic mass is 32.1. The maximum Gasteiger partial charge on any atom is 0.133 e. The maximum atomic E-state index is 6.22. The molecule has 1 aromatic carbocycles. The molecule has 2 saturated heterocycles. The lowest BCUT2D eigenvalue weighted by Gasteiger charge is -2.36. The largest absolute Gasteiger partial charge is 0.383 e. The molecule has 0 amide bonds. The Kier molecular flexibility index (Phi) is 4.14. The van der Waals surface area contributed by atoms with E-state index in [1.165, 1.54) is 25.7 Å². The molecule has 7 heteroatoms. The lowest BCUT2D eigenvalue weighted by Crippen LogP contribution is -2.40. The van der Waals surface area contributed by atoms with Crippen molar-refractivity contribution in [3.63, 3.8) is 0 Å². The number of benzene rings is 1. The molecule has 2 N–H and O–H groups in total. The number of nitrogen functional groups attached to an aromatic ring is 1. The number of thiazole rings is 1. The Morgan fingerprint density at radius 1 is 1.03 bits per heavy atom. The summed E-state index contributed by atoms with van der Waals surface area (Å²) in [5.74, 6) is 0.511. The van der Waals surface area contributed by atoms with Crippen molar-refractivity contribution < 1.29 is 0 Å². The molecule has 6 nitrogen and oxygen atoms in total. The van der Waals surface area contributed by atoms with Crippen LogP contribution in [0, 0.1) is 0 Å². The summed E-state index contributed by atoms with van der Waals surface area (Å²) < 4.78 is 3.32. The van der Waals surface area contributed by atoms with Crippen molar-refractivity contribution in [2.24, 2.45) is 0 Å². The smallest absolute Gasteiger partial charge is 0.133 e. The average Bonchev–Trinajstić information content (AvgIpc) is 3.45. The summed E-state index contributed by atoms with van der Waals surface area (Å²) in [6.07, 6.45) is 11.0. The molecule has 3 aromatic heterocycles. The molecular formula is C23H24N6S. The van der Waals surface area contributed by atoms with Gasteiger partial charge in [-0.1, -0.05) is 12.1 Å². The Hall–Kier alpha value is -2.77. The SMILES string of the molecule is CN1C2CCC1CC(n1cc(-c3cnc(N)c(-c4nc5ccccc5s4)c3)cn1)C2. The Labute approximate surface area is 179 Å². The number of hydrogen-bond acceptors (Lipinski definition) is 6. The number of rotatable bonds is 3. The van der Waals surface area contributed by atoms with Crippen LogP contribution >= 0.6 is 11.3 Å². The topological polar surface area (TPSA) is 72.9 Å². The zero-order valence-electron chi connectivity index (χ0n) is 16.9. The van der Waals surface area contributed by atoms with E-state index >= 15 is 0 Å². The predicted molar refractivity (Wildman–Crippen MR) is 121 cm³/mol. The zero-order chi connectivity index (χ0) is 20.2. The highest BCUT2D eigenvalue weighted by Crippen LogP contribution is 2.40. The third-order valence-corrected chi connectivity index (χ3v) is 7.89. The molecule has 0 spiro atoms. The molecule has 0 radical (unpaired) electrons. The number of para-hydroxylation sites is 1. The van der Waals surface area contributed by atoms with E-state index in [0.29, 0.717) is 23.9 Å². The summed E-state index contributed by atoms with van der Waals surface area (Å²) in [5, 5.41) is 5.63. The summed E-state index contributed by atoms with van der Waals surface area (Å²) in [7, 11) is 2.27. The second-order valence-corrected chi connectivity index (χ2v) is 9.56. The fourth-order valence-electron chi connectivity index (χ4n) is 5.08. The molecule has 2 fully saturated rings. The van der Waals surface area contributed by atoms with Gasteiger partial charge in [-0.25, -0.2) is 9.97 Å². The van der Waals surface area contributed by atoms with Crippen LogP contribution in [0.1, 0.15) is 31.7 Å². The van der Waals surface area contributed by atoms with Gasteiger partial charge in [0.2, 0.25) is 0 Å². The van der Waals surface area contributed by atoms with Gasteiger partial charge < -0.3 is 10.6 Å². The fourth-order valence-corrected chi connectivity index (χ4v) is 6.07. The second kappa shape index (κ2) is 6.89. The molecule has 2 atom stereocenters. The van der Waals surface area contributed by atoms with Crippen molar-refractivity contribution >= 4 is 27.4 Å². The van der Waals surface area contributed by atoms with E-state index in [-0.39, 0.29) is 0 Å². The summed E-state index contributed by atoms with van der Waals surface area (Å²) in [4.78, 5) is 11.8. The minimum absolute atomic E-state index is 0.484. The molecule has 2 unspecified atom stereocenters. The van der Waals surface area contributed by atoms with Crippen molar-refractivity contribution in [2.45, 2.75) is 43.8 Å². The summed E-state index contributed by atoms with van der Waals surface area (Å²) >= 11 is 1.65. The summed E-state index contributed by atoms with van der Waals surface area (Å²) in [5.41, 5.74) is 10.2. The Morgan fingerprint density at radius 2 is 1.83 bits per heavy atom. The van der Waals surface area contributed by atoms with Gasteiger partial charge in [-0.2, -0.15) is 5.10 Å². The van der Waals surface area contributed by atoms with Crippen molar-refractivity contribution in [1.82, 2.24) is 24.6 Å². The molecule has 5 heterocycles. The van der Waals surface area contributed by atoms with Gasteiger partial charge in [0, 0.05) is 35.6 Å². The lowest BCUT2D eigenvalue weighted by atomic mass is 9.98. The van der Waals surface area contributed by atoms with E-state index in [1.807, 2.05) is 30.6 Å². The van der Waals surface area contributed by atoms with Crippen LogP contribution in [0.15, 0.2) is 48.9 Å². The van der Waals surface area contributed by atoms with Gasteiger partial charge in [-0.15, -0.1) is 11.3 Å². The molecule has 30 heavy (non-hydrogen) atoms. The number of nitrogens with two attached hydrogens (primary N) is 1. The molecular weight excluding hydrogens is 392 g/mol. The van der Waals surface area contributed by atoms with Crippen LogP contribution in [0.2, 0.25) is 0 Å². The van der Waals surface area contributed by atoms with Gasteiger partial charge >= 0.3 is 0 Å². The maximum absolute atomic E-state index is 6.22. The van der Waals surface area contributed by atoms with E-state index in [0.717, 1.165) is 31.9 Å². The Balaban J connectivity index is 1.32. The molecule has 2 aliphatic heterocycles. The van der Waals surface area contributed by atoms with Crippen LogP contribution in [0.25, 0.3) is 31.9 Å². The quantitative estimate of drug-likeness (QED) is 0.528. The van der Waals surface area contributed by atoms with Gasteiger partial charge in [0.15, 0.2) is 0 Å². The standard InChI is InChI=1S/C23H24N6S/c1-28-16-6-7-17(28)10-18(9-16)29-13-15(12-26-29)14-8-19(22(24)25-11-14)23-27-20-4-2-3-5-21(20)30-23/h2-5,8,11-13,16-18H,6-7,9-10H2,1H3,(H2,24,25). The van der Waals surface area contributed by atoms with Crippen molar-refractivity contribution in [3.8, 4) is 21.7 Å². The van der Waals surface area contributed by atoms with E-state index in [4.69, 9.17) is 15.8 Å². The van der Waals surface area contributed by atoms with Crippen molar-refractivity contribution in [1.29, 1.82) is 0 Å². The predicted octanol–water partition coefficient (Wildman–Crippen LogP) is 4.60. The third kappa shape index (κ3) is 2.92. The van der Waals surface area contributed by atoms with Crippen LogP contribution in [0.3, 0.4) is 0 Å². The van der Waals surface area contributed by atoms with Crippen LogP contribution < -0.4 is 5.73 Å². The first-order valence-corrected chi connectivity index (χ1v) is 11.4. The Morgan fingerprint density at radius 3 is 2.63 bits per heavy atom. The average molecular weight is 417 g/mol. The van der Waals surface area contributed by atoms with Crippen molar-refractivity contribution in [2.75, 3.05) is 12.8 Å². The first kappa shape index (κ1) is 18.0. The van der Waals surface area contributed by atoms with Crippen molar-refractivity contribution in [3.05, 3.63) is 48.9 Å². The number of fused-ring (bicyclic) bond motifs is 3. The van der Waals surface area contributed by atoms with Crippen LogP contribution in [-0.2, 0) is 0 Å². The fraction of sp³-hybridized carbons (Fsp3) is 0.348. The molecule has 4 aromatic rings. The summed E-state index contributed by atoms with van der Waals surface area (Å²) in [6.45, 7) is 0. The van der Waals surface area contributed by atoms with E-state index in [2.05, 4.69) is 39.9 Å². The van der Waals surface area contributed by atoms with Gasteiger partial charge in [0.1, 0.15) is 10.8 Å². The number of nitrogens with zero attached hydrogens (tertiary/aromatic N) is 5. The minimum atomic E-state index is 0.484. The number of piperidine rings is 1. The normalized spacial score (nSPS) is 24.0. The number of pyridine rings is 1. The molecule has 2 aliphatic rings. The molecule has 2 bridgehead atoms.